The van der Waals surface area contributed by atoms with Gasteiger partial charge in [0, 0.05) is 19.5 Å². The highest BCUT2D eigenvalue weighted by molar-refractivity contribution is 5.83. The molecule has 0 aromatic carbocycles. The molecule has 2 atom stereocenters. The SMILES string of the molecule is CCC1(C(=O)NCCC(C)CCC(=O)O)CCNC1. The van der Waals surface area contributed by atoms with Crippen molar-refractivity contribution in [3.05, 3.63) is 0 Å². The lowest BCUT2D eigenvalue weighted by Gasteiger charge is -2.25. The van der Waals surface area contributed by atoms with E-state index >= 15 is 0 Å². The number of rotatable bonds is 8. The van der Waals surface area contributed by atoms with Crippen molar-refractivity contribution >= 4 is 11.9 Å². The van der Waals surface area contributed by atoms with Gasteiger partial charge < -0.3 is 15.7 Å². The third kappa shape index (κ3) is 4.82. The predicted octanol–water partition coefficient (Wildman–Crippen LogP) is 1.38. The fraction of sp³-hybridized carbons (Fsp3) is 0.857. The summed E-state index contributed by atoms with van der Waals surface area (Å²) in [5, 5.41) is 14.9. The zero-order chi connectivity index (χ0) is 14.3. The van der Waals surface area contributed by atoms with Gasteiger partial charge in [-0.2, -0.15) is 0 Å². The molecular formula is C14H26N2O3. The first kappa shape index (κ1) is 16.0. The molecule has 1 heterocycles. The first-order chi connectivity index (χ1) is 9.00. The Labute approximate surface area is 115 Å². The molecule has 0 aliphatic carbocycles. The Hall–Kier alpha value is -1.10. The van der Waals surface area contributed by atoms with Crippen molar-refractivity contribution in [2.24, 2.45) is 11.3 Å². The van der Waals surface area contributed by atoms with Gasteiger partial charge in [-0.3, -0.25) is 9.59 Å². The summed E-state index contributed by atoms with van der Waals surface area (Å²) in [5.41, 5.74) is -0.232. The van der Waals surface area contributed by atoms with Gasteiger partial charge in [-0.05, 0) is 38.1 Å². The highest BCUT2D eigenvalue weighted by Crippen LogP contribution is 2.29. The third-order valence-corrected chi connectivity index (χ3v) is 4.18. The van der Waals surface area contributed by atoms with Crippen molar-refractivity contribution in [1.29, 1.82) is 0 Å². The van der Waals surface area contributed by atoms with Crippen LogP contribution in [0.15, 0.2) is 0 Å². The molecule has 0 radical (unpaired) electrons. The zero-order valence-corrected chi connectivity index (χ0v) is 12.0. The molecule has 1 rings (SSSR count). The smallest absolute Gasteiger partial charge is 0.303 e. The Balaban J connectivity index is 2.24. The summed E-state index contributed by atoms with van der Waals surface area (Å²) in [5.74, 6) is -0.279. The molecule has 0 aromatic rings. The van der Waals surface area contributed by atoms with Crippen molar-refractivity contribution in [3.8, 4) is 0 Å². The minimum atomic E-state index is -0.752. The van der Waals surface area contributed by atoms with Gasteiger partial charge in [-0.1, -0.05) is 13.8 Å². The molecule has 5 nitrogen and oxygen atoms in total. The lowest BCUT2D eigenvalue weighted by Crippen LogP contribution is -2.42. The summed E-state index contributed by atoms with van der Waals surface area (Å²) in [6.07, 6.45) is 3.49. The second kappa shape index (κ2) is 7.48. The molecule has 19 heavy (non-hydrogen) atoms. The summed E-state index contributed by atoms with van der Waals surface area (Å²) in [7, 11) is 0. The minimum absolute atomic E-state index is 0.144. The second-order valence-corrected chi connectivity index (χ2v) is 5.64. The number of carboxylic acids is 1. The van der Waals surface area contributed by atoms with Gasteiger partial charge in [-0.15, -0.1) is 0 Å². The quantitative estimate of drug-likeness (QED) is 0.622. The molecular weight excluding hydrogens is 244 g/mol. The van der Waals surface area contributed by atoms with Gasteiger partial charge in [0.2, 0.25) is 5.91 Å². The number of amides is 1. The van der Waals surface area contributed by atoms with Crippen LogP contribution in [-0.4, -0.2) is 36.6 Å². The summed E-state index contributed by atoms with van der Waals surface area (Å²) in [6, 6.07) is 0. The maximum atomic E-state index is 12.2. The van der Waals surface area contributed by atoms with E-state index in [0.717, 1.165) is 32.4 Å². The molecule has 0 bridgehead atoms. The molecule has 0 spiro atoms. The van der Waals surface area contributed by atoms with Gasteiger partial charge in [0.05, 0.1) is 5.41 Å². The van der Waals surface area contributed by atoms with Crippen LogP contribution in [0.4, 0.5) is 0 Å². The zero-order valence-electron chi connectivity index (χ0n) is 12.0. The Bertz CT molecular complexity index is 312. The minimum Gasteiger partial charge on any atom is -0.481 e. The summed E-state index contributed by atoms with van der Waals surface area (Å²) >= 11 is 0. The van der Waals surface area contributed by atoms with Crippen LogP contribution in [0.3, 0.4) is 0 Å². The fourth-order valence-corrected chi connectivity index (χ4v) is 2.53. The van der Waals surface area contributed by atoms with E-state index in [1.807, 2.05) is 6.92 Å². The molecule has 0 saturated carbocycles. The molecule has 3 N–H and O–H groups in total. The van der Waals surface area contributed by atoms with Crippen LogP contribution in [0.2, 0.25) is 0 Å². The topological polar surface area (TPSA) is 78.4 Å². The van der Waals surface area contributed by atoms with E-state index in [0.29, 0.717) is 18.9 Å². The Morgan fingerprint density at radius 1 is 1.42 bits per heavy atom. The number of nitrogens with one attached hydrogen (secondary N) is 2. The maximum Gasteiger partial charge on any atom is 0.303 e. The van der Waals surface area contributed by atoms with Crippen LogP contribution >= 0.6 is 0 Å². The van der Waals surface area contributed by atoms with E-state index in [4.69, 9.17) is 5.11 Å². The molecule has 1 amide bonds. The maximum absolute atomic E-state index is 12.2. The molecule has 1 saturated heterocycles. The molecule has 110 valence electrons. The molecule has 1 aliphatic rings. The van der Waals surface area contributed by atoms with Gasteiger partial charge in [0.1, 0.15) is 0 Å². The number of carbonyl (C=O) groups excluding carboxylic acids is 1. The van der Waals surface area contributed by atoms with E-state index in [1.54, 1.807) is 0 Å². The molecule has 2 unspecified atom stereocenters. The van der Waals surface area contributed by atoms with E-state index < -0.39 is 5.97 Å². The largest absolute Gasteiger partial charge is 0.481 e. The third-order valence-electron chi connectivity index (χ3n) is 4.18. The summed E-state index contributed by atoms with van der Waals surface area (Å²) in [6.45, 7) is 6.41. The Morgan fingerprint density at radius 3 is 2.68 bits per heavy atom. The summed E-state index contributed by atoms with van der Waals surface area (Å²) < 4.78 is 0. The lowest BCUT2D eigenvalue weighted by atomic mass is 9.83. The van der Waals surface area contributed by atoms with E-state index in [1.165, 1.54) is 0 Å². The van der Waals surface area contributed by atoms with Gasteiger partial charge in [0.25, 0.3) is 0 Å². The van der Waals surface area contributed by atoms with Crippen LogP contribution in [0.5, 0.6) is 0 Å². The number of carboxylic acid groups (broad SMARTS) is 1. The normalized spacial score (nSPS) is 24.1. The molecule has 5 heteroatoms. The van der Waals surface area contributed by atoms with E-state index in [-0.39, 0.29) is 17.7 Å². The van der Waals surface area contributed by atoms with Gasteiger partial charge >= 0.3 is 5.97 Å². The van der Waals surface area contributed by atoms with Gasteiger partial charge in [-0.25, -0.2) is 0 Å². The first-order valence-electron chi connectivity index (χ1n) is 7.21. The Morgan fingerprint density at radius 2 is 2.16 bits per heavy atom. The first-order valence-corrected chi connectivity index (χ1v) is 7.21. The van der Waals surface area contributed by atoms with Crippen LogP contribution in [-0.2, 0) is 9.59 Å². The van der Waals surface area contributed by atoms with Crippen molar-refractivity contribution in [2.45, 2.75) is 46.0 Å². The van der Waals surface area contributed by atoms with Crippen molar-refractivity contribution < 1.29 is 14.7 Å². The van der Waals surface area contributed by atoms with Crippen LogP contribution < -0.4 is 10.6 Å². The Kier molecular flexibility index (Phi) is 6.28. The molecule has 1 fully saturated rings. The van der Waals surface area contributed by atoms with Crippen molar-refractivity contribution in [2.75, 3.05) is 19.6 Å². The number of hydrogen-bond acceptors (Lipinski definition) is 3. The van der Waals surface area contributed by atoms with Crippen LogP contribution in [0.25, 0.3) is 0 Å². The van der Waals surface area contributed by atoms with Crippen molar-refractivity contribution in [1.82, 2.24) is 10.6 Å². The average Bonchev–Trinajstić information content (AvgIpc) is 2.86. The van der Waals surface area contributed by atoms with Crippen molar-refractivity contribution in [3.63, 3.8) is 0 Å². The highest BCUT2D eigenvalue weighted by Gasteiger charge is 2.39. The number of hydrogen-bond donors (Lipinski definition) is 3. The number of aliphatic carboxylic acids is 1. The second-order valence-electron chi connectivity index (χ2n) is 5.64. The van der Waals surface area contributed by atoms with Crippen LogP contribution in [0, 0.1) is 11.3 Å². The van der Waals surface area contributed by atoms with Gasteiger partial charge in [0.15, 0.2) is 0 Å². The standard InChI is InChI=1S/C14H26N2O3/c1-3-14(7-9-15-10-14)13(19)16-8-6-11(2)4-5-12(17)18/h11,15H,3-10H2,1-2H3,(H,16,19)(H,17,18). The number of carbonyl (C=O) groups is 2. The highest BCUT2D eigenvalue weighted by atomic mass is 16.4. The van der Waals surface area contributed by atoms with E-state index in [9.17, 15) is 9.59 Å². The summed E-state index contributed by atoms with van der Waals surface area (Å²) in [4.78, 5) is 22.7. The lowest BCUT2D eigenvalue weighted by molar-refractivity contribution is -0.137. The predicted molar refractivity (Wildman–Crippen MR) is 73.9 cm³/mol. The molecule has 1 aliphatic heterocycles. The monoisotopic (exact) mass is 270 g/mol. The van der Waals surface area contributed by atoms with Crippen LogP contribution in [0.1, 0.15) is 46.0 Å². The fourth-order valence-electron chi connectivity index (χ4n) is 2.53. The van der Waals surface area contributed by atoms with E-state index in [2.05, 4.69) is 17.6 Å². The average molecular weight is 270 g/mol. The molecule has 0 aromatic heterocycles.